The van der Waals surface area contributed by atoms with Gasteiger partial charge in [-0.15, -0.1) is 0 Å². The average molecular weight is 422 g/mol. The number of rotatable bonds is 5. The van der Waals surface area contributed by atoms with Crippen LogP contribution < -0.4 is 5.32 Å². The highest BCUT2D eigenvalue weighted by atomic mass is 79.9. The van der Waals surface area contributed by atoms with Gasteiger partial charge in [0.25, 0.3) is 0 Å². The summed E-state index contributed by atoms with van der Waals surface area (Å²) in [6.45, 7) is 0. The van der Waals surface area contributed by atoms with Gasteiger partial charge in [-0.1, -0.05) is 0 Å². The third-order valence-electron chi connectivity index (χ3n) is 3.43. The van der Waals surface area contributed by atoms with Crippen LogP contribution in [0, 0.1) is 21.7 Å². The number of hydrogen-bond donors (Lipinski definition) is 1. The minimum Gasteiger partial charge on any atom is -0.364 e. The lowest BCUT2D eigenvalue weighted by Gasteiger charge is -2.19. The van der Waals surface area contributed by atoms with E-state index in [1.807, 2.05) is 0 Å². The lowest BCUT2D eigenvalue weighted by Crippen LogP contribution is -2.19. The Morgan fingerprint density at radius 1 is 1.08 bits per heavy atom. The molecule has 0 unspecified atom stereocenters. The third kappa shape index (κ3) is 3.64. The summed E-state index contributed by atoms with van der Waals surface area (Å²) in [6, 6.07) is 5.27. The molecule has 0 radical (unpaired) electrons. The van der Waals surface area contributed by atoms with Crippen LogP contribution in [0.3, 0.4) is 0 Å². The van der Waals surface area contributed by atoms with Gasteiger partial charge in [-0.25, -0.2) is 8.78 Å². The Hall–Kier alpha value is -3.01. The summed E-state index contributed by atoms with van der Waals surface area (Å²) in [5, 5.41) is 14.0. The number of nitro groups is 1. The minimum absolute atomic E-state index is 0.0375. The van der Waals surface area contributed by atoms with E-state index >= 15 is 0 Å². The molecule has 0 aliphatic heterocycles. The van der Waals surface area contributed by atoms with Crippen molar-refractivity contribution in [2.75, 3.05) is 5.32 Å². The van der Waals surface area contributed by atoms with Crippen molar-refractivity contribution in [1.29, 1.82) is 0 Å². The molecule has 3 heterocycles. The number of aromatic nitrogens is 3. The molecule has 3 aromatic heterocycles. The highest BCUT2D eigenvalue weighted by Gasteiger charge is 2.27. The zero-order valence-electron chi connectivity index (χ0n) is 12.9. The van der Waals surface area contributed by atoms with E-state index in [2.05, 4.69) is 36.2 Å². The predicted molar refractivity (Wildman–Crippen MR) is 92.4 cm³/mol. The lowest BCUT2D eigenvalue weighted by molar-refractivity contribution is -0.388. The molecule has 1 N–H and O–H groups in total. The van der Waals surface area contributed by atoms with Gasteiger partial charge in [0.15, 0.2) is 6.20 Å². The van der Waals surface area contributed by atoms with Gasteiger partial charge >= 0.3 is 5.82 Å². The number of nitrogens with one attached hydrogen (secondary N) is 1. The number of nitrogens with zero attached hydrogens (tertiary/aromatic N) is 4. The van der Waals surface area contributed by atoms with Gasteiger partial charge in [-0.05, 0) is 56.2 Å². The summed E-state index contributed by atoms with van der Waals surface area (Å²) in [5.74, 6) is -1.91. The molecule has 0 bridgehead atoms. The van der Waals surface area contributed by atoms with Crippen LogP contribution in [-0.2, 0) is 0 Å². The summed E-state index contributed by atoms with van der Waals surface area (Å²) in [7, 11) is 0. The summed E-state index contributed by atoms with van der Waals surface area (Å²) < 4.78 is 29.0. The van der Waals surface area contributed by atoms with Gasteiger partial charge in [0, 0.05) is 12.4 Å². The molecule has 3 rings (SSSR count). The number of hydrogen-bond acceptors (Lipinski definition) is 6. The van der Waals surface area contributed by atoms with Gasteiger partial charge in [0.2, 0.25) is 0 Å². The van der Waals surface area contributed by atoms with Crippen molar-refractivity contribution in [3.05, 3.63) is 86.5 Å². The number of halogens is 3. The van der Waals surface area contributed by atoms with Crippen molar-refractivity contribution in [3.8, 4) is 0 Å². The average Bonchev–Trinajstić information content (AvgIpc) is 2.61. The van der Waals surface area contributed by atoms with Crippen molar-refractivity contribution in [2.45, 2.75) is 6.04 Å². The molecule has 0 atom stereocenters. The summed E-state index contributed by atoms with van der Waals surface area (Å²) in [4.78, 5) is 22.1. The fraction of sp³-hybridized carbons (Fsp3) is 0.0625. The van der Waals surface area contributed by atoms with Gasteiger partial charge in [-0.2, -0.15) is 0 Å². The highest BCUT2D eigenvalue weighted by Crippen LogP contribution is 2.32. The first kappa shape index (κ1) is 17.8. The standard InChI is InChI=1S/C16H10BrF2N5O2/c17-9-7-12(16(22-8-9)24(25)26)23-15(13-10(18)3-1-5-20-13)14-11(19)4-2-6-21-14/h1-8,15,23H. The number of pyridine rings is 3. The van der Waals surface area contributed by atoms with Crippen LogP contribution in [0.15, 0.2) is 53.4 Å². The number of anilines is 1. The van der Waals surface area contributed by atoms with Gasteiger partial charge < -0.3 is 15.4 Å². The van der Waals surface area contributed by atoms with Crippen LogP contribution in [0.2, 0.25) is 0 Å². The van der Waals surface area contributed by atoms with Gasteiger partial charge in [0.1, 0.15) is 34.8 Å². The van der Waals surface area contributed by atoms with Crippen molar-refractivity contribution < 1.29 is 13.7 Å². The smallest absolute Gasteiger partial charge is 0.364 e. The maximum atomic E-state index is 14.3. The predicted octanol–water partition coefficient (Wildman–Crippen LogP) is 4.02. The molecule has 0 saturated carbocycles. The van der Waals surface area contributed by atoms with Crippen molar-refractivity contribution in [1.82, 2.24) is 15.0 Å². The van der Waals surface area contributed by atoms with E-state index < -0.39 is 28.4 Å². The van der Waals surface area contributed by atoms with Crippen LogP contribution in [-0.4, -0.2) is 19.9 Å². The molecule has 132 valence electrons. The summed E-state index contributed by atoms with van der Waals surface area (Å²) in [6.07, 6.45) is 3.92. The molecule has 3 aromatic rings. The van der Waals surface area contributed by atoms with Crippen molar-refractivity contribution in [2.24, 2.45) is 0 Å². The third-order valence-corrected chi connectivity index (χ3v) is 3.86. The van der Waals surface area contributed by atoms with Crippen LogP contribution in [0.25, 0.3) is 0 Å². The van der Waals surface area contributed by atoms with E-state index in [1.165, 1.54) is 36.8 Å². The maximum absolute atomic E-state index is 14.3. The summed E-state index contributed by atoms with van der Waals surface area (Å²) in [5.41, 5.74) is -0.344. The molecule has 26 heavy (non-hydrogen) atoms. The lowest BCUT2D eigenvalue weighted by atomic mass is 10.1. The first-order valence-electron chi connectivity index (χ1n) is 7.24. The largest absolute Gasteiger partial charge is 0.387 e. The molecule has 10 heteroatoms. The zero-order chi connectivity index (χ0) is 18.7. The molecule has 0 spiro atoms. The Bertz CT molecular complexity index is 927. The first-order valence-corrected chi connectivity index (χ1v) is 8.04. The van der Waals surface area contributed by atoms with Crippen LogP contribution in [0.1, 0.15) is 17.4 Å². The van der Waals surface area contributed by atoms with E-state index in [0.29, 0.717) is 4.47 Å². The second-order valence-corrected chi connectivity index (χ2v) is 6.02. The Morgan fingerprint density at radius 2 is 1.65 bits per heavy atom. The molecular formula is C16H10BrF2N5O2. The Labute approximate surface area is 154 Å². The molecule has 0 saturated heterocycles. The monoisotopic (exact) mass is 421 g/mol. The quantitative estimate of drug-likeness (QED) is 0.493. The first-order chi connectivity index (χ1) is 12.5. The minimum atomic E-state index is -1.20. The van der Waals surface area contributed by atoms with E-state index in [4.69, 9.17) is 0 Å². The molecule has 0 aromatic carbocycles. The van der Waals surface area contributed by atoms with E-state index in [-0.39, 0.29) is 17.1 Å². The molecule has 0 fully saturated rings. The van der Waals surface area contributed by atoms with Crippen molar-refractivity contribution >= 4 is 27.4 Å². The molecule has 0 aliphatic carbocycles. The van der Waals surface area contributed by atoms with Crippen molar-refractivity contribution in [3.63, 3.8) is 0 Å². The van der Waals surface area contributed by atoms with Crippen LogP contribution in [0.5, 0.6) is 0 Å². The molecule has 7 nitrogen and oxygen atoms in total. The second kappa shape index (κ2) is 7.48. The maximum Gasteiger partial charge on any atom is 0.387 e. The molecule has 0 amide bonds. The Morgan fingerprint density at radius 3 is 2.15 bits per heavy atom. The Kier molecular flexibility index (Phi) is 5.12. The SMILES string of the molecule is O=[N+]([O-])c1ncc(Br)cc1NC(c1ncccc1F)c1ncccc1F. The second-order valence-electron chi connectivity index (χ2n) is 5.10. The van der Waals surface area contributed by atoms with E-state index in [9.17, 15) is 18.9 Å². The molecular weight excluding hydrogens is 412 g/mol. The fourth-order valence-electron chi connectivity index (χ4n) is 2.33. The van der Waals surface area contributed by atoms with Crippen LogP contribution in [0.4, 0.5) is 20.3 Å². The van der Waals surface area contributed by atoms with E-state index in [0.717, 1.165) is 12.1 Å². The van der Waals surface area contributed by atoms with E-state index in [1.54, 1.807) is 0 Å². The zero-order valence-corrected chi connectivity index (χ0v) is 14.5. The van der Waals surface area contributed by atoms with Gasteiger partial charge in [0.05, 0.1) is 4.47 Å². The molecule has 0 aliphatic rings. The Balaban J connectivity index is 2.15. The highest BCUT2D eigenvalue weighted by molar-refractivity contribution is 9.10. The topological polar surface area (TPSA) is 93.8 Å². The fourth-order valence-corrected chi connectivity index (χ4v) is 2.66. The normalized spacial score (nSPS) is 10.8. The summed E-state index contributed by atoms with van der Waals surface area (Å²) >= 11 is 3.17. The van der Waals surface area contributed by atoms with Crippen LogP contribution >= 0.6 is 15.9 Å². The van der Waals surface area contributed by atoms with Gasteiger partial charge in [-0.3, -0.25) is 9.97 Å².